The molecule has 0 aliphatic rings. The number of hydrogen-bond acceptors (Lipinski definition) is 3. The number of benzene rings is 1. The molecule has 0 radical (unpaired) electrons. The molecule has 6 heteroatoms. The van der Waals surface area contributed by atoms with Gasteiger partial charge in [0.1, 0.15) is 0 Å². The Bertz CT molecular complexity index is 470. The summed E-state index contributed by atoms with van der Waals surface area (Å²) in [5.41, 5.74) is 0.543. The molecule has 1 unspecified atom stereocenters. The molecule has 5 nitrogen and oxygen atoms in total. The molecule has 1 atom stereocenters. The topological polar surface area (TPSA) is 75.6 Å². The van der Waals surface area contributed by atoms with E-state index < -0.39 is 23.7 Å². The molecule has 0 saturated heterocycles. The standard InChI is InChI=1S/C15H21NO4Se/c1-15(2,3)20-14(19)16-12(13(17)18)10-21-9-11-7-5-4-6-8-11/h4-8,12H,9-10H2,1-3H3,(H,16,19)(H,17,18). The predicted molar refractivity (Wildman–Crippen MR) is 81.5 cm³/mol. The first-order chi connectivity index (χ1) is 9.78. The molecule has 116 valence electrons. The second kappa shape index (κ2) is 8.05. The Labute approximate surface area is 131 Å². The summed E-state index contributed by atoms with van der Waals surface area (Å²) in [7, 11) is 0. The minimum atomic E-state index is -1.03. The van der Waals surface area contributed by atoms with Gasteiger partial charge in [0.25, 0.3) is 0 Å². The van der Waals surface area contributed by atoms with Crippen LogP contribution < -0.4 is 5.32 Å². The third-order valence-corrected chi connectivity index (χ3v) is 4.71. The van der Waals surface area contributed by atoms with Crippen LogP contribution in [-0.2, 0) is 14.9 Å². The fourth-order valence-electron chi connectivity index (χ4n) is 1.49. The van der Waals surface area contributed by atoms with Gasteiger partial charge in [0.2, 0.25) is 0 Å². The predicted octanol–water partition coefficient (Wildman–Crippen LogP) is 2.29. The molecule has 0 bridgehead atoms. The summed E-state index contributed by atoms with van der Waals surface area (Å²) in [6.07, 6.45) is -0.689. The van der Waals surface area contributed by atoms with Crippen LogP contribution in [0.5, 0.6) is 0 Å². The molecule has 1 amide bonds. The molecule has 1 aromatic carbocycles. The van der Waals surface area contributed by atoms with Gasteiger partial charge in [0.05, 0.1) is 0 Å². The van der Waals surface area contributed by atoms with Crippen molar-refractivity contribution in [3.63, 3.8) is 0 Å². The average molecular weight is 358 g/mol. The second-order valence-corrected chi connectivity index (χ2v) is 7.70. The van der Waals surface area contributed by atoms with Gasteiger partial charge in [-0.1, -0.05) is 0 Å². The number of rotatable bonds is 6. The number of alkyl carbamates (subject to hydrolysis) is 1. The van der Waals surface area contributed by atoms with E-state index in [0.29, 0.717) is 5.32 Å². The Kier molecular flexibility index (Phi) is 6.72. The molecule has 0 aliphatic heterocycles. The summed E-state index contributed by atoms with van der Waals surface area (Å²) < 4.78 is 5.08. The van der Waals surface area contributed by atoms with Crippen LogP contribution in [0, 0.1) is 0 Å². The maximum absolute atomic E-state index is 11.6. The van der Waals surface area contributed by atoms with Crippen molar-refractivity contribution in [2.24, 2.45) is 0 Å². The first kappa shape index (κ1) is 17.5. The van der Waals surface area contributed by atoms with Crippen LogP contribution in [0.2, 0.25) is 5.32 Å². The summed E-state index contributed by atoms with van der Waals surface area (Å²) in [6.45, 7) is 5.21. The van der Waals surface area contributed by atoms with E-state index in [-0.39, 0.29) is 15.0 Å². The summed E-state index contributed by atoms with van der Waals surface area (Å²) in [6, 6.07) is 8.99. The summed E-state index contributed by atoms with van der Waals surface area (Å²) in [4.78, 5) is 22.8. The van der Waals surface area contributed by atoms with Gasteiger partial charge in [-0.05, 0) is 0 Å². The molecule has 1 rings (SSSR count). The fourth-order valence-corrected chi connectivity index (χ4v) is 3.61. The number of carbonyl (C=O) groups is 2. The molecule has 0 heterocycles. The number of carboxylic acid groups (broad SMARTS) is 1. The Morgan fingerprint density at radius 3 is 2.43 bits per heavy atom. The molecular formula is C15H21NO4Se. The van der Waals surface area contributed by atoms with Gasteiger partial charge in [0.15, 0.2) is 0 Å². The van der Waals surface area contributed by atoms with E-state index in [1.165, 1.54) is 5.56 Å². The van der Waals surface area contributed by atoms with E-state index in [1.807, 2.05) is 30.3 Å². The Morgan fingerprint density at radius 2 is 1.90 bits per heavy atom. The van der Waals surface area contributed by atoms with Crippen molar-refractivity contribution in [2.45, 2.75) is 43.1 Å². The molecule has 21 heavy (non-hydrogen) atoms. The molecule has 1 aromatic rings. The Hall–Kier alpha value is -1.52. The van der Waals surface area contributed by atoms with Gasteiger partial charge in [-0.25, -0.2) is 0 Å². The normalized spacial score (nSPS) is 12.5. The quantitative estimate of drug-likeness (QED) is 0.765. The molecule has 0 aromatic heterocycles. The van der Waals surface area contributed by atoms with Crippen LogP contribution in [-0.4, -0.2) is 43.8 Å². The van der Waals surface area contributed by atoms with Crippen LogP contribution in [0.25, 0.3) is 0 Å². The molecular weight excluding hydrogens is 337 g/mol. The minimum absolute atomic E-state index is 0.0966. The van der Waals surface area contributed by atoms with Crippen molar-refractivity contribution in [1.82, 2.24) is 5.32 Å². The van der Waals surface area contributed by atoms with Crippen LogP contribution in [0.4, 0.5) is 4.79 Å². The van der Waals surface area contributed by atoms with Gasteiger partial charge in [0, 0.05) is 0 Å². The van der Waals surface area contributed by atoms with Gasteiger partial charge in [-0.3, -0.25) is 0 Å². The van der Waals surface area contributed by atoms with E-state index in [0.717, 1.165) is 5.32 Å². The number of nitrogens with one attached hydrogen (secondary N) is 1. The zero-order valence-corrected chi connectivity index (χ0v) is 14.2. The van der Waals surface area contributed by atoms with Crippen LogP contribution in [0.15, 0.2) is 30.3 Å². The average Bonchev–Trinajstić information content (AvgIpc) is 2.36. The zero-order chi connectivity index (χ0) is 15.9. The van der Waals surface area contributed by atoms with E-state index >= 15 is 0 Å². The molecule has 0 aliphatic carbocycles. The summed E-state index contributed by atoms with van der Waals surface area (Å²) >= 11 is 0.0966. The fraction of sp³-hybridized carbons (Fsp3) is 0.467. The zero-order valence-electron chi connectivity index (χ0n) is 12.5. The molecule has 0 saturated carbocycles. The van der Waals surface area contributed by atoms with E-state index in [2.05, 4.69) is 5.32 Å². The van der Waals surface area contributed by atoms with Crippen molar-refractivity contribution in [2.75, 3.05) is 0 Å². The first-order valence-corrected chi connectivity index (χ1v) is 9.04. The van der Waals surface area contributed by atoms with Gasteiger partial charge < -0.3 is 0 Å². The van der Waals surface area contributed by atoms with Crippen molar-refractivity contribution in [1.29, 1.82) is 0 Å². The third-order valence-electron chi connectivity index (χ3n) is 2.39. The first-order valence-electron chi connectivity index (χ1n) is 6.62. The second-order valence-electron chi connectivity index (χ2n) is 5.54. The number of ether oxygens (including phenoxy) is 1. The Morgan fingerprint density at radius 1 is 1.29 bits per heavy atom. The Balaban J connectivity index is 2.43. The maximum atomic E-state index is 11.6. The van der Waals surface area contributed by atoms with Crippen molar-refractivity contribution >= 4 is 27.0 Å². The van der Waals surface area contributed by atoms with Crippen molar-refractivity contribution in [3.8, 4) is 0 Å². The van der Waals surface area contributed by atoms with Gasteiger partial charge >= 0.3 is 131 Å². The van der Waals surface area contributed by atoms with Crippen molar-refractivity contribution < 1.29 is 19.4 Å². The monoisotopic (exact) mass is 359 g/mol. The van der Waals surface area contributed by atoms with Gasteiger partial charge in [-0.2, -0.15) is 0 Å². The van der Waals surface area contributed by atoms with E-state index in [1.54, 1.807) is 20.8 Å². The summed E-state index contributed by atoms with van der Waals surface area (Å²) in [5, 5.41) is 12.8. The SMILES string of the molecule is CC(C)(C)OC(=O)NC(C[Se]Cc1ccccc1)C(=O)O. The number of carboxylic acids is 1. The number of aliphatic carboxylic acids is 1. The number of amides is 1. The third kappa shape index (κ3) is 7.73. The molecule has 0 spiro atoms. The van der Waals surface area contributed by atoms with E-state index in [4.69, 9.17) is 9.84 Å². The van der Waals surface area contributed by atoms with Crippen LogP contribution in [0.1, 0.15) is 26.3 Å². The van der Waals surface area contributed by atoms with E-state index in [9.17, 15) is 9.59 Å². The summed E-state index contributed by atoms with van der Waals surface area (Å²) in [5.74, 6) is -1.03. The van der Waals surface area contributed by atoms with Gasteiger partial charge in [-0.15, -0.1) is 0 Å². The van der Waals surface area contributed by atoms with Crippen LogP contribution >= 0.6 is 0 Å². The van der Waals surface area contributed by atoms with Crippen LogP contribution in [0.3, 0.4) is 0 Å². The molecule has 2 N–H and O–H groups in total. The van der Waals surface area contributed by atoms with Crippen molar-refractivity contribution in [3.05, 3.63) is 35.9 Å². The molecule has 0 fully saturated rings. The number of hydrogen-bond donors (Lipinski definition) is 2. The number of carbonyl (C=O) groups excluding carboxylic acids is 1.